The van der Waals surface area contributed by atoms with Crippen LogP contribution in [-0.4, -0.2) is 36.9 Å². The number of hydrogen-bond donors (Lipinski definition) is 2. The van der Waals surface area contributed by atoms with Crippen LogP contribution in [0.25, 0.3) is 0 Å². The summed E-state index contributed by atoms with van der Waals surface area (Å²) in [6, 6.07) is 0. The lowest BCUT2D eigenvalue weighted by molar-refractivity contribution is 0.0716. The molecule has 1 aromatic heterocycles. The van der Waals surface area contributed by atoms with Crippen molar-refractivity contribution in [3.05, 3.63) is 21.7 Å². The summed E-state index contributed by atoms with van der Waals surface area (Å²) in [5.41, 5.74) is 5.83. The molecule has 6 heteroatoms. The molecule has 0 saturated carbocycles. The first-order chi connectivity index (χ1) is 7.65. The van der Waals surface area contributed by atoms with Crippen LogP contribution in [0.1, 0.15) is 11.4 Å². The van der Waals surface area contributed by atoms with Crippen LogP contribution in [0, 0.1) is 6.92 Å². The van der Waals surface area contributed by atoms with Crippen molar-refractivity contribution in [1.29, 1.82) is 0 Å². The van der Waals surface area contributed by atoms with Crippen LogP contribution in [-0.2, 0) is 15.9 Å². The number of methoxy groups -OCH3 is 1. The van der Waals surface area contributed by atoms with Gasteiger partial charge in [-0.3, -0.25) is 4.79 Å². The van der Waals surface area contributed by atoms with Gasteiger partial charge >= 0.3 is 0 Å². The van der Waals surface area contributed by atoms with Crippen molar-refractivity contribution < 1.29 is 9.47 Å². The van der Waals surface area contributed by atoms with Gasteiger partial charge in [-0.25, -0.2) is 4.98 Å². The molecule has 1 aromatic rings. The van der Waals surface area contributed by atoms with E-state index in [9.17, 15) is 4.79 Å². The molecule has 0 amide bonds. The van der Waals surface area contributed by atoms with E-state index < -0.39 is 0 Å². The molecule has 0 radical (unpaired) electrons. The van der Waals surface area contributed by atoms with E-state index in [0.29, 0.717) is 37.6 Å². The molecule has 1 rings (SSSR count). The van der Waals surface area contributed by atoms with Crippen LogP contribution in [0.5, 0.6) is 0 Å². The number of nitrogens with one attached hydrogen (secondary N) is 1. The molecule has 1 heterocycles. The Morgan fingerprint density at radius 1 is 1.38 bits per heavy atom. The maximum Gasteiger partial charge on any atom is 0.255 e. The summed E-state index contributed by atoms with van der Waals surface area (Å²) in [4.78, 5) is 18.1. The summed E-state index contributed by atoms with van der Waals surface area (Å²) in [6.45, 7) is 3.21. The van der Waals surface area contributed by atoms with Crippen LogP contribution in [0.15, 0.2) is 4.79 Å². The zero-order valence-electron chi connectivity index (χ0n) is 9.58. The first-order valence-corrected chi connectivity index (χ1v) is 5.07. The average Bonchev–Trinajstić information content (AvgIpc) is 2.25. The van der Waals surface area contributed by atoms with E-state index >= 15 is 0 Å². The molecule has 0 unspecified atom stereocenters. The summed E-state index contributed by atoms with van der Waals surface area (Å²) in [6.07, 6.45) is 0.531. The van der Waals surface area contributed by atoms with Gasteiger partial charge in [0.2, 0.25) is 0 Å². The van der Waals surface area contributed by atoms with Crippen LogP contribution in [0.3, 0.4) is 0 Å². The van der Waals surface area contributed by atoms with Crippen molar-refractivity contribution in [2.75, 3.05) is 32.7 Å². The Bertz CT molecular complexity index is 389. The van der Waals surface area contributed by atoms with Gasteiger partial charge in [0.05, 0.1) is 25.4 Å². The number of H-pyrrole nitrogens is 1. The molecule has 0 aliphatic rings. The van der Waals surface area contributed by atoms with E-state index in [-0.39, 0.29) is 11.4 Å². The highest BCUT2D eigenvalue weighted by atomic mass is 16.5. The highest BCUT2D eigenvalue weighted by Gasteiger charge is 2.03. The summed E-state index contributed by atoms with van der Waals surface area (Å²) in [5, 5.41) is 0. The maximum absolute atomic E-state index is 11.4. The van der Waals surface area contributed by atoms with Gasteiger partial charge in [-0.05, 0) is 6.92 Å². The lowest BCUT2D eigenvalue weighted by Gasteiger charge is -2.05. The van der Waals surface area contributed by atoms with E-state index in [2.05, 4.69) is 9.97 Å². The normalized spacial score (nSPS) is 10.6. The van der Waals surface area contributed by atoms with Crippen molar-refractivity contribution in [3.63, 3.8) is 0 Å². The lowest BCUT2D eigenvalue weighted by Crippen LogP contribution is -2.18. The summed E-state index contributed by atoms with van der Waals surface area (Å²) in [7, 11) is 1.61. The summed E-state index contributed by atoms with van der Waals surface area (Å²) >= 11 is 0. The van der Waals surface area contributed by atoms with Crippen molar-refractivity contribution in [2.24, 2.45) is 0 Å². The highest BCUT2D eigenvalue weighted by molar-refractivity contribution is 5.36. The molecule has 0 aliphatic heterocycles. The maximum atomic E-state index is 11.4. The molecule has 0 spiro atoms. The Morgan fingerprint density at radius 2 is 2.12 bits per heavy atom. The van der Waals surface area contributed by atoms with Crippen molar-refractivity contribution in [2.45, 2.75) is 13.3 Å². The molecule has 6 nitrogen and oxygen atoms in total. The second kappa shape index (κ2) is 6.24. The van der Waals surface area contributed by atoms with Gasteiger partial charge in [0, 0.05) is 13.5 Å². The number of rotatable bonds is 6. The van der Waals surface area contributed by atoms with Gasteiger partial charge in [-0.1, -0.05) is 0 Å². The Morgan fingerprint density at radius 3 is 2.75 bits per heavy atom. The third-order valence-electron chi connectivity index (χ3n) is 2.15. The zero-order valence-corrected chi connectivity index (χ0v) is 9.58. The number of aromatic amines is 1. The number of aromatic nitrogens is 2. The van der Waals surface area contributed by atoms with Gasteiger partial charge in [-0.15, -0.1) is 0 Å². The Labute approximate surface area is 93.8 Å². The van der Waals surface area contributed by atoms with Crippen LogP contribution < -0.4 is 11.3 Å². The second-order valence-corrected chi connectivity index (χ2v) is 3.38. The number of nitrogens with zero attached hydrogens (tertiary/aromatic N) is 1. The second-order valence-electron chi connectivity index (χ2n) is 3.38. The molecule has 0 aliphatic carbocycles. The summed E-state index contributed by atoms with van der Waals surface area (Å²) in [5.74, 6) is 0.821. The Hall–Kier alpha value is -1.40. The number of ether oxygens (including phenoxy) is 2. The average molecular weight is 227 g/mol. The minimum atomic E-state index is -0.195. The molecular weight excluding hydrogens is 210 g/mol. The Kier molecular flexibility index (Phi) is 4.94. The van der Waals surface area contributed by atoms with E-state index in [0.717, 1.165) is 0 Å². The summed E-state index contributed by atoms with van der Waals surface area (Å²) < 4.78 is 10.1. The fourth-order valence-electron chi connectivity index (χ4n) is 1.13. The third-order valence-corrected chi connectivity index (χ3v) is 2.15. The third kappa shape index (κ3) is 3.63. The molecule has 0 fully saturated rings. The standard InChI is InChI=1S/C10H17N3O3/c1-7-9(11)12-8(13-10(7)14)3-4-16-6-5-15-2/h3-6H2,1-2H3,(H3,11,12,13,14). The van der Waals surface area contributed by atoms with Gasteiger partial charge in [0.25, 0.3) is 5.56 Å². The predicted octanol–water partition coefficient (Wildman–Crippen LogP) is -0.134. The molecule has 0 saturated heterocycles. The van der Waals surface area contributed by atoms with Gasteiger partial charge in [-0.2, -0.15) is 0 Å². The molecular formula is C10H17N3O3. The van der Waals surface area contributed by atoms with E-state index in [1.807, 2.05) is 0 Å². The topological polar surface area (TPSA) is 90.2 Å². The molecule has 3 N–H and O–H groups in total. The molecule has 0 aromatic carbocycles. The van der Waals surface area contributed by atoms with Crippen molar-refractivity contribution in [1.82, 2.24) is 9.97 Å². The number of hydrogen-bond acceptors (Lipinski definition) is 5. The fourth-order valence-corrected chi connectivity index (χ4v) is 1.13. The van der Waals surface area contributed by atoms with Crippen LogP contribution in [0.2, 0.25) is 0 Å². The number of nitrogen functional groups attached to an aromatic ring is 1. The van der Waals surface area contributed by atoms with Crippen molar-refractivity contribution >= 4 is 5.82 Å². The van der Waals surface area contributed by atoms with Gasteiger partial charge in [0.15, 0.2) is 0 Å². The number of anilines is 1. The van der Waals surface area contributed by atoms with Crippen LogP contribution in [0.4, 0.5) is 5.82 Å². The van der Waals surface area contributed by atoms with Gasteiger partial charge in [0.1, 0.15) is 11.6 Å². The zero-order chi connectivity index (χ0) is 12.0. The molecule has 90 valence electrons. The number of nitrogens with two attached hydrogens (primary N) is 1. The van der Waals surface area contributed by atoms with Gasteiger partial charge < -0.3 is 20.2 Å². The smallest absolute Gasteiger partial charge is 0.255 e. The van der Waals surface area contributed by atoms with E-state index in [1.54, 1.807) is 14.0 Å². The van der Waals surface area contributed by atoms with Crippen LogP contribution >= 0.6 is 0 Å². The highest BCUT2D eigenvalue weighted by Crippen LogP contribution is 2.00. The molecule has 0 bridgehead atoms. The monoisotopic (exact) mass is 227 g/mol. The predicted molar refractivity (Wildman–Crippen MR) is 60.4 cm³/mol. The molecule has 0 atom stereocenters. The fraction of sp³-hybridized carbons (Fsp3) is 0.600. The minimum absolute atomic E-state index is 0.195. The Balaban J connectivity index is 2.46. The quantitative estimate of drug-likeness (QED) is 0.660. The lowest BCUT2D eigenvalue weighted by atomic mass is 10.3. The van der Waals surface area contributed by atoms with Crippen molar-refractivity contribution in [3.8, 4) is 0 Å². The van der Waals surface area contributed by atoms with E-state index in [4.69, 9.17) is 15.2 Å². The largest absolute Gasteiger partial charge is 0.383 e. The van der Waals surface area contributed by atoms with E-state index in [1.165, 1.54) is 0 Å². The minimum Gasteiger partial charge on any atom is -0.383 e. The first kappa shape index (κ1) is 12.7. The first-order valence-electron chi connectivity index (χ1n) is 5.07. The molecule has 16 heavy (non-hydrogen) atoms. The SMILES string of the molecule is COCCOCCc1nc(N)c(C)c(=O)[nH]1.